The van der Waals surface area contributed by atoms with Gasteiger partial charge in [0, 0.05) is 12.3 Å². The van der Waals surface area contributed by atoms with Gasteiger partial charge in [-0.15, -0.1) is 10.2 Å². The van der Waals surface area contributed by atoms with Gasteiger partial charge in [0.1, 0.15) is 5.82 Å². The number of nitrogens with zero attached hydrogens (tertiary/aromatic N) is 2. The maximum absolute atomic E-state index is 11.5. The SMILES string of the molecule is CCS(=O)(=O)CCNC(=O)c1ccc(N)nn1. The van der Waals surface area contributed by atoms with Crippen molar-refractivity contribution in [3.8, 4) is 0 Å². The molecule has 0 spiro atoms. The molecule has 0 aliphatic rings. The molecule has 0 atom stereocenters. The third kappa shape index (κ3) is 4.35. The second-order valence-corrected chi connectivity index (χ2v) is 5.81. The minimum atomic E-state index is -3.07. The van der Waals surface area contributed by atoms with Crippen LogP contribution in [0.25, 0.3) is 0 Å². The number of nitrogen functional groups attached to an aromatic ring is 1. The molecule has 3 N–H and O–H groups in total. The fourth-order valence-corrected chi connectivity index (χ4v) is 1.72. The first kappa shape index (κ1) is 13.4. The quantitative estimate of drug-likeness (QED) is 0.716. The van der Waals surface area contributed by atoms with Gasteiger partial charge >= 0.3 is 0 Å². The summed E-state index contributed by atoms with van der Waals surface area (Å²) in [5.74, 6) is -0.277. The number of carbonyl (C=O) groups excluding carboxylic acids is 1. The van der Waals surface area contributed by atoms with Gasteiger partial charge < -0.3 is 11.1 Å². The Kier molecular flexibility index (Phi) is 4.38. The molecule has 0 aliphatic carbocycles. The molecule has 1 aromatic rings. The number of anilines is 1. The van der Waals surface area contributed by atoms with Gasteiger partial charge in [0.05, 0.1) is 5.75 Å². The molecule has 0 fully saturated rings. The fraction of sp³-hybridized carbons (Fsp3) is 0.444. The minimum Gasteiger partial charge on any atom is -0.382 e. The van der Waals surface area contributed by atoms with Gasteiger partial charge in [-0.25, -0.2) is 8.42 Å². The zero-order chi connectivity index (χ0) is 12.9. The van der Waals surface area contributed by atoms with E-state index in [9.17, 15) is 13.2 Å². The van der Waals surface area contributed by atoms with Gasteiger partial charge in [0.2, 0.25) is 0 Å². The number of rotatable bonds is 5. The predicted octanol–water partition coefficient (Wildman–Crippen LogP) is -0.777. The van der Waals surface area contributed by atoms with E-state index in [0.29, 0.717) is 0 Å². The molecule has 0 aliphatic heterocycles. The van der Waals surface area contributed by atoms with Gasteiger partial charge in [0.25, 0.3) is 5.91 Å². The topological polar surface area (TPSA) is 115 Å². The molecule has 0 aromatic carbocycles. The Hall–Kier alpha value is -1.70. The number of nitrogens with two attached hydrogens (primary N) is 1. The molecule has 0 radical (unpaired) electrons. The number of sulfone groups is 1. The second kappa shape index (κ2) is 5.58. The van der Waals surface area contributed by atoms with E-state index in [1.165, 1.54) is 12.1 Å². The van der Waals surface area contributed by atoms with Gasteiger partial charge in [-0.1, -0.05) is 6.92 Å². The van der Waals surface area contributed by atoms with E-state index >= 15 is 0 Å². The summed E-state index contributed by atoms with van der Waals surface area (Å²) >= 11 is 0. The molecule has 94 valence electrons. The standard InChI is InChI=1S/C9H14N4O3S/c1-2-17(15,16)6-5-11-9(14)7-3-4-8(10)13-12-7/h3-4H,2,5-6H2,1H3,(H2,10,13)(H,11,14). The Labute approximate surface area is 99.3 Å². The van der Waals surface area contributed by atoms with Crippen LogP contribution in [0.2, 0.25) is 0 Å². The molecule has 0 saturated heterocycles. The van der Waals surface area contributed by atoms with Gasteiger partial charge in [-0.2, -0.15) is 0 Å². The maximum atomic E-state index is 11.5. The van der Waals surface area contributed by atoms with Crippen LogP contribution >= 0.6 is 0 Å². The lowest BCUT2D eigenvalue weighted by molar-refractivity contribution is 0.0950. The smallest absolute Gasteiger partial charge is 0.271 e. The van der Waals surface area contributed by atoms with Crippen molar-refractivity contribution in [3.63, 3.8) is 0 Å². The fourth-order valence-electron chi connectivity index (χ4n) is 1.02. The van der Waals surface area contributed by atoms with E-state index in [4.69, 9.17) is 5.73 Å². The second-order valence-electron chi connectivity index (χ2n) is 3.34. The van der Waals surface area contributed by atoms with E-state index < -0.39 is 15.7 Å². The van der Waals surface area contributed by atoms with E-state index in [0.717, 1.165) is 0 Å². The number of nitrogens with one attached hydrogen (secondary N) is 1. The zero-order valence-corrected chi connectivity index (χ0v) is 10.2. The highest BCUT2D eigenvalue weighted by atomic mass is 32.2. The van der Waals surface area contributed by atoms with Crippen molar-refractivity contribution < 1.29 is 13.2 Å². The van der Waals surface area contributed by atoms with Crippen molar-refractivity contribution in [3.05, 3.63) is 17.8 Å². The highest BCUT2D eigenvalue weighted by Gasteiger charge is 2.10. The first-order chi connectivity index (χ1) is 7.94. The van der Waals surface area contributed by atoms with Gasteiger partial charge in [-0.05, 0) is 12.1 Å². The monoisotopic (exact) mass is 258 g/mol. The van der Waals surface area contributed by atoms with Crippen molar-refractivity contribution in [1.29, 1.82) is 0 Å². The Morgan fingerprint density at radius 2 is 2.12 bits per heavy atom. The first-order valence-corrected chi connectivity index (χ1v) is 6.84. The van der Waals surface area contributed by atoms with Crippen molar-refractivity contribution in [2.75, 3.05) is 23.8 Å². The van der Waals surface area contributed by atoms with Crippen LogP contribution in [0.3, 0.4) is 0 Å². The summed E-state index contributed by atoms with van der Waals surface area (Å²) in [6.45, 7) is 1.61. The van der Waals surface area contributed by atoms with Crippen LogP contribution in [-0.2, 0) is 9.84 Å². The highest BCUT2D eigenvalue weighted by molar-refractivity contribution is 7.91. The highest BCUT2D eigenvalue weighted by Crippen LogP contribution is 1.96. The van der Waals surface area contributed by atoms with Crippen LogP contribution in [0.5, 0.6) is 0 Å². The number of carbonyl (C=O) groups is 1. The average molecular weight is 258 g/mol. The van der Waals surface area contributed by atoms with E-state index in [1.54, 1.807) is 6.92 Å². The van der Waals surface area contributed by atoms with Crippen molar-refractivity contribution in [2.45, 2.75) is 6.92 Å². The summed E-state index contributed by atoms with van der Waals surface area (Å²) in [6, 6.07) is 2.87. The molecule has 1 rings (SSSR count). The van der Waals surface area contributed by atoms with Crippen molar-refractivity contribution in [2.24, 2.45) is 0 Å². The van der Waals surface area contributed by atoms with Crippen molar-refractivity contribution in [1.82, 2.24) is 15.5 Å². The summed E-state index contributed by atoms with van der Waals surface area (Å²) in [5, 5.41) is 9.55. The summed E-state index contributed by atoms with van der Waals surface area (Å²) in [7, 11) is -3.07. The Morgan fingerprint density at radius 1 is 1.41 bits per heavy atom. The van der Waals surface area contributed by atoms with E-state index in [2.05, 4.69) is 15.5 Å². The van der Waals surface area contributed by atoms with Crippen LogP contribution in [0, 0.1) is 0 Å². The summed E-state index contributed by atoms with van der Waals surface area (Å²) in [4.78, 5) is 11.5. The number of hydrogen-bond acceptors (Lipinski definition) is 6. The lowest BCUT2D eigenvalue weighted by atomic mass is 10.3. The molecular formula is C9H14N4O3S. The third-order valence-electron chi connectivity index (χ3n) is 2.06. The normalized spacial score (nSPS) is 11.1. The lowest BCUT2D eigenvalue weighted by Gasteiger charge is -2.04. The maximum Gasteiger partial charge on any atom is 0.271 e. The first-order valence-electron chi connectivity index (χ1n) is 5.02. The van der Waals surface area contributed by atoms with Gasteiger partial charge in [-0.3, -0.25) is 4.79 Å². The minimum absolute atomic E-state index is 0.0566. The summed E-state index contributed by atoms with van der Waals surface area (Å²) in [5.41, 5.74) is 5.42. The van der Waals surface area contributed by atoms with E-state index in [-0.39, 0.29) is 29.6 Å². The lowest BCUT2D eigenvalue weighted by Crippen LogP contribution is -2.30. The largest absolute Gasteiger partial charge is 0.382 e. The molecule has 0 unspecified atom stereocenters. The van der Waals surface area contributed by atoms with Crippen LogP contribution in [0.15, 0.2) is 12.1 Å². The Morgan fingerprint density at radius 3 is 2.65 bits per heavy atom. The molecule has 1 amide bonds. The molecule has 0 bridgehead atoms. The zero-order valence-electron chi connectivity index (χ0n) is 9.38. The van der Waals surface area contributed by atoms with Crippen LogP contribution in [0.1, 0.15) is 17.4 Å². The average Bonchev–Trinajstić information content (AvgIpc) is 2.29. The number of hydrogen-bond donors (Lipinski definition) is 2. The Bertz CT molecular complexity index is 483. The van der Waals surface area contributed by atoms with Crippen LogP contribution in [0.4, 0.5) is 5.82 Å². The summed E-state index contributed by atoms with van der Waals surface area (Å²) in [6.07, 6.45) is 0. The molecule has 0 saturated carbocycles. The molecular weight excluding hydrogens is 244 g/mol. The van der Waals surface area contributed by atoms with Crippen molar-refractivity contribution >= 4 is 21.6 Å². The summed E-state index contributed by atoms with van der Waals surface area (Å²) < 4.78 is 22.3. The van der Waals surface area contributed by atoms with Crippen LogP contribution < -0.4 is 11.1 Å². The molecule has 1 aromatic heterocycles. The van der Waals surface area contributed by atoms with Gasteiger partial charge in [0.15, 0.2) is 15.5 Å². The molecule has 8 heteroatoms. The third-order valence-corrected chi connectivity index (χ3v) is 3.76. The molecule has 1 heterocycles. The van der Waals surface area contributed by atoms with Crippen LogP contribution in [-0.4, -0.2) is 42.6 Å². The number of amides is 1. The number of aromatic nitrogens is 2. The van der Waals surface area contributed by atoms with E-state index in [1.807, 2.05) is 0 Å². The Balaban J connectivity index is 2.48. The molecule has 7 nitrogen and oxygen atoms in total. The molecule has 17 heavy (non-hydrogen) atoms. The predicted molar refractivity (Wildman–Crippen MR) is 63.1 cm³/mol.